The van der Waals surface area contributed by atoms with Crippen LogP contribution in [0.3, 0.4) is 0 Å². The third kappa shape index (κ3) is 4.30. The van der Waals surface area contributed by atoms with Crippen LogP contribution in [0.1, 0.15) is 11.1 Å². The van der Waals surface area contributed by atoms with Crippen molar-refractivity contribution in [2.75, 3.05) is 6.61 Å². The largest absolute Gasteiger partial charge is 0.396 e. The van der Waals surface area contributed by atoms with E-state index in [0.717, 1.165) is 16.5 Å². The molecule has 0 amide bonds. The summed E-state index contributed by atoms with van der Waals surface area (Å²) in [6, 6.07) is 12.7. The summed E-state index contributed by atoms with van der Waals surface area (Å²) < 4.78 is 14.2. The monoisotopic (exact) mass is 356 g/mol. The first-order valence-corrected chi connectivity index (χ1v) is 7.55. The molecule has 0 fully saturated rings. The van der Waals surface area contributed by atoms with Crippen LogP contribution in [-0.2, 0) is 12.8 Å². The molecule has 0 aromatic heterocycles. The normalized spacial score (nSPS) is 12.4. The highest BCUT2D eigenvalue weighted by atomic mass is 79.9. The molecular weight excluding hydrogens is 343 g/mol. The second-order valence-corrected chi connectivity index (χ2v) is 6.15. The second kappa shape index (κ2) is 7.21. The van der Waals surface area contributed by atoms with Crippen LogP contribution < -0.4 is 0 Å². The van der Waals surface area contributed by atoms with Crippen molar-refractivity contribution in [2.24, 2.45) is 5.92 Å². The molecule has 2 aromatic rings. The summed E-state index contributed by atoms with van der Waals surface area (Å²) >= 11 is 9.17. The van der Waals surface area contributed by atoms with Crippen LogP contribution in [0.15, 0.2) is 46.9 Å². The molecule has 2 rings (SSSR count). The molecule has 2 aromatic carbocycles. The van der Waals surface area contributed by atoms with E-state index in [4.69, 9.17) is 11.6 Å². The lowest BCUT2D eigenvalue weighted by Crippen LogP contribution is -2.13. The Morgan fingerprint density at radius 1 is 1.05 bits per heavy atom. The van der Waals surface area contributed by atoms with Crippen molar-refractivity contribution in [1.82, 2.24) is 0 Å². The molecule has 4 heteroatoms. The number of benzene rings is 2. The van der Waals surface area contributed by atoms with Gasteiger partial charge in [0.15, 0.2) is 0 Å². The van der Waals surface area contributed by atoms with Gasteiger partial charge in [0.05, 0.1) is 5.02 Å². The highest BCUT2D eigenvalue weighted by Gasteiger charge is 2.11. The molecule has 1 unspecified atom stereocenters. The average Bonchev–Trinajstić information content (AvgIpc) is 2.44. The van der Waals surface area contributed by atoms with Gasteiger partial charge in [-0.05, 0) is 54.2 Å². The van der Waals surface area contributed by atoms with E-state index < -0.39 is 5.82 Å². The van der Waals surface area contributed by atoms with Crippen LogP contribution in [0.4, 0.5) is 4.39 Å². The van der Waals surface area contributed by atoms with E-state index in [2.05, 4.69) is 15.9 Å². The zero-order valence-corrected chi connectivity index (χ0v) is 13.2. The molecular formula is C16H15BrClFO. The second-order valence-electron chi connectivity index (χ2n) is 4.83. The fourth-order valence-corrected chi connectivity index (χ4v) is 2.62. The van der Waals surface area contributed by atoms with Gasteiger partial charge >= 0.3 is 0 Å². The summed E-state index contributed by atoms with van der Waals surface area (Å²) in [6.45, 7) is 0.0884. The average molecular weight is 358 g/mol. The topological polar surface area (TPSA) is 20.2 Å². The first-order chi connectivity index (χ1) is 9.58. The zero-order chi connectivity index (χ0) is 14.5. The molecule has 0 aliphatic rings. The van der Waals surface area contributed by atoms with Gasteiger partial charge in [-0.25, -0.2) is 4.39 Å². The van der Waals surface area contributed by atoms with E-state index in [-0.39, 0.29) is 17.5 Å². The number of aliphatic hydroxyl groups excluding tert-OH is 1. The Bertz CT molecular complexity index is 571. The van der Waals surface area contributed by atoms with Crippen LogP contribution in [0.25, 0.3) is 0 Å². The van der Waals surface area contributed by atoms with E-state index >= 15 is 0 Å². The van der Waals surface area contributed by atoms with Crippen LogP contribution in [0.5, 0.6) is 0 Å². The molecule has 1 atom stereocenters. The SMILES string of the molecule is OCC(Cc1ccc(Br)cc1)Cc1ccc(F)c(Cl)c1. The fourth-order valence-electron chi connectivity index (χ4n) is 2.16. The minimum absolute atomic E-state index is 0.0884. The predicted octanol–water partition coefficient (Wildman–Crippen LogP) is 4.64. The number of halogens is 3. The van der Waals surface area contributed by atoms with Crippen LogP contribution >= 0.6 is 27.5 Å². The van der Waals surface area contributed by atoms with E-state index in [1.807, 2.05) is 24.3 Å². The Morgan fingerprint density at radius 3 is 2.25 bits per heavy atom. The summed E-state index contributed by atoms with van der Waals surface area (Å²) in [6.07, 6.45) is 1.45. The van der Waals surface area contributed by atoms with Gasteiger partial charge in [-0.15, -0.1) is 0 Å². The first kappa shape index (κ1) is 15.5. The van der Waals surface area contributed by atoms with Gasteiger partial charge < -0.3 is 5.11 Å². The summed E-state index contributed by atoms with van der Waals surface area (Å²) in [4.78, 5) is 0. The summed E-state index contributed by atoms with van der Waals surface area (Å²) in [5, 5.41) is 9.64. The third-order valence-corrected chi connectivity index (χ3v) is 4.02. The van der Waals surface area contributed by atoms with E-state index in [9.17, 15) is 9.50 Å². The molecule has 0 heterocycles. The summed E-state index contributed by atoms with van der Waals surface area (Å²) in [7, 11) is 0. The molecule has 0 radical (unpaired) electrons. The van der Waals surface area contributed by atoms with Gasteiger partial charge in [0.1, 0.15) is 5.82 Å². The van der Waals surface area contributed by atoms with Gasteiger partial charge in [-0.1, -0.05) is 45.7 Å². The Kier molecular flexibility index (Phi) is 5.58. The third-order valence-electron chi connectivity index (χ3n) is 3.20. The minimum Gasteiger partial charge on any atom is -0.396 e. The van der Waals surface area contributed by atoms with Crippen molar-refractivity contribution < 1.29 is 9.50 Å². The van der Waals surface area contributed by atoms with Crippen LogP contribution in [0.2, 0.25) is 5.02 Å². The maximum Gasteiger partial charge on any atom is 0.141 e. The van der Waals surface area contributed by atoms with Gasteiger partial charge in [0, 0.05) is 11.1 Å². The molecule has 1 nitrogen and oxygen atoms in total. The minimum atomic E-state index is -0.413. The Labute approximate surface area is 131 Å². The zero-order valence-electron chi connectivity index (χ0n) is 10.8. The molecule has 106 valence electrons. The van der Waals surface area contributed by atoms with Gasteiger partial charge in [-0.2, -0.15) is 0 Å². The van der Waals surface area contributed by atoms with E-state index in [1.54, 1.807) is 12.1 Å². The Hall–Kier alpha value is -0.900. The van der Waals surface area contributed by atoms with Crippen molar-refractivity contribution in [2.45, 2.75) is 12.8 Å². The molecule has 0 bridgehead atoms. The highest BCUT2D eigenvalue weighted by Crippen LogP contribution is 2.21. The molecule has 0 spiro atoms. The van der Waals surface area contributed by atoms with Crippen molar-refractivity contribution in [3.05, 3.63) is 68.9 Å². The standard InChI is InChI=1S/C16H15BrClFO/c17-14-4-1-11(2-5-14)7-13(10-20)8-12-3-6-16(19)15(18)9-12/h1-6,9,13,20H,7-8,10H2. The van der Waals surface area contributed by atoms with E-state index in [1.165, 1.54) is 11.6 Å². The van der Waals surface area contributed by atoms with Gasteiger partial charge in [-0.3, -0.25) is 0 Å². The fraction of sp³-hybridized carbons (Fsp3) is 0.250. The van der Waals surface area contributed by atoms with E-state index in [0.29, 0.717) is 6.42 Å². The molecule has 0 saturated carbocycles. The number of rotatable bonds is 5. The number of hydrogen-bond acceptors (Lipinski definition) is 1. The van der Waals surface area contributed by atoms with Gasteiger partial charge in [0.2, 0.25) is 0 Å². The molecule has 0 aliphatic heterocycles. The quantitative estimate of drug-likeness (QED) is 0.827. The van der Waals surface area contributed by atoms with Crippen molar-refractivity contribution in [3.63, 3.8) is 0 Å². The maximum atomic E-state index is 13.1. The molecule has 20 heavy (non-hydrogen) atoms. The number of aliphatic hydroxyl groups is 1. The van der Waals surface area contributed by atoms with Crippen molar-refractivity contribution >= 4 is 27.5 Å². The lowest BCUT2D eigenvalue weighted by Gasteiger charge is -2.14. The highest BCUT2D eigenvalue weighted by molar-refractivity contribution is 9.10. The Balaban J connectivity index is 2.04. The molecule has 0 aliphatic carbocycles. The molecule has 1 N–H and O–H groups in total. The van der Waals surface area contributed by atoms with Crippen molar-refractivity contribution in [3.8, 4) is 0 Å². The number of hydrogen-bond donors (Lipinski definition) is 1. The van der Waals surface area contributed by atoms with Crippen molar-refractivity contribution in [1.29, 1.82) is 0 Å². The predicted molar refractivity (Wildman–Crippen MR) is 83.5 cm³/mol. The van der Waals surface area contributed by atoms with Crippen LogP contribution in [0, 0.1) is 11.7 Å². The lowest BCUT2D eigenvalue weighted by molar-refractivity contribution is 0.225. The lowest BCUT2D eigenvalue weighted by atomic mass is 9.93. The summed E-state index contributed by atoms with van der Waals surface area (Å²) in [5.74, 6) is -0.318. The smallest absolute Gasteiger partial charge is 0.141 e. The first-order valence-electron chi connectivity index (χ1n) is 6.37. The molecule has 0 saturated heterocycles. The maximum absolute atomic E-state index is 13.1. The summed E-state index contributed by atoms with van der Waals surface area (Å²) in [5.41, 5.74) is 2.10. The van der Waals surface area contributed by atoms with Gasteiger partial charge in [0.25, 0.3) is 0 Å². The Morgan fingerprint density at radius 2 is 1.65 bits per heavy atom. The van der Waals surface area contributed by atoms with Crippen LogP contribution in [-0.4, -0.2) is 11.7 Å².